The zero-order valence-electron chi connectivity index (χ0n) is 14.0. The second kappa shape index (κ2) is 8.42. The molecule has 134 valence electrons. The van der Waals surface area contributed by atoms with Crippen molar-refractivity contribution < 1.29 is 13.9 Å². The quantitative estimate of drug-likeness (QED) is 0.863. The minimum absolute atomic E-state index is 0.112. The smallest absolute Gasteiger partial charge is 0.141 e. The molecule has 2 aromatic heterocycles. The molecule has 3 heterocycles. The number of hydrogen-bond acceptors (Lipinski definition) is 5. The SMILES string of the molecule is OCCC1CN(Cc2ccc(F)cn2)CCN1Cc1ccc(F)cn1. The molecule has 5 nitrogen and oxygen atoms in total. The molecule has 7 heteroatoms. The Morgan fingerprint density at radius 1 is 0.960 bits per heavy atom. The Hall–Kier alpha value is -1.96. The molecule has 0 amide bonds. The summed E-state index contributed by atoms with van der Waals surface area (Å²) in [6.45, 7) is 3.87. The zero-order chi connectivity index (χ0) is 17.6. The minimum atomic E-state index is -0.340. The third-order valence-corrected chi connectivity index (χ3v) is 4.48. The summed E-state index contributed by atoms with van der Waals surface area (Å²) in [6.07, 6.45) is 3.12. The number of piperazine rings is 1. The number of hydrogen-bond donors (Lipinski definition) is 1. The van der Waals surface area contributed by atoms with Gasteiger partial charge in [-0.3, -0.25) is 19.8 Å². The van der Waals surface area contributed by atoms with Gasteiger partial charge in [0.25, 0.3) is 0 Å². The molecule has 0 bridgehead atoms. The Labute approximate surface area is 145 Å². The highest BCUT2D eigenvalue weighted by atomic mass is 19.1. The van der Waals surface area contributed by atoms with E-state index < -0.39 is 0 Å². The molecular weight excluding hydrogens is 326 g/mol. The highest BCUT2D eigenvalue weighted by Gasteiger charge is 2.27. The summed E-state index contributed by atoms with van der Waals surface area (Å²) in [4.78, 5) is 12.8. The number of nitrogens with zero attached hydrogens (tertiary/aromatic N) is 4. The summed E-state index contributed by atoms with van der Waals surface area (Å²) in [5.41, 5.74) is 1.65. The van der Waals surface area contributed by atoms with E-state index in [1.807, 2.05) is 0 Å². The average molecular weight is 348 g/mol. The first-order chi connectivity index (χ1) is 12.1. The van der Waals surface area contributed by atoms with Crippen LogP contribution in [0.15, 0.2) is 36.7 Å². The lowest BCUT2D eigenvalue weighted by molar-refractivity contribution is 0.0485. The lowest BCUT2D eigenvalue weighted by atomic mass is 10.1. The van der Waals surface area contributed by atoms with Crippen LogP contribution < -0.4 is 0 Å². The van der Waals surface area contributed by atoms with Gasteiger partial charge in [0.15, 0.2) is 0 Å². The van der Waals surface area contributed by atoms with Gasteiger partial charge in [-0.05, 0) is 30.7 Å². The first kappa shape index (κ1) is 17.8. The number of rotatable bonds is 6. The van der Waals surface area contributed by atoms with E-state index in [0.29, 0.717) is 19.5 Å². The zero-order valence-corrected chi connectivity index (χ0v) is 14.0. The van der Waals surface area contributed by atoms with Crippen LogP contribution in [0.5, 0.6) is 0 Å². The average Bonchev–Trinajstić information content (AvgIpc) is 2.61. The van der Waals surface area contributed by atoms with Gasteiger partial charge < -0.3 is 5.11 Å². The topological polar surface area (TPSA) is 52.5 Å². The monoisotopic (exact) mass is 348 g/mol. The summed E-state index contributed by atoms with van der Waals surface area (Å²) in [7, 11) is 0. The molecule has 1 aliphatic rings. The summed E-state index contributed by atoms with van der Waals surface area (Å²) in [6, 6.07) is 6.42. The Kier molecular flexibility index (Phi) is 6.01. The normalized spacial score (nSPS) is 19.2. The van der Waals surface area contributed by atoms with Crippen LogP contribution in [0.25, 0.3) is 0 Å². The van der Waals surface area contributed by atoms with Gasteiger partial charge in [-0.15, -0.1) is 0 Å². The molecule has 1 saturated heterocycles. The standard InChI is InChI=1S/C18H22F2N4O/c19-14-1-3-16(21-9-14)11-23-6-7-24(18(13-23)5-8-25)12-17-4-2-15(20)10-22-17/h1-4,9-10,18,25H,5-8,11-13H2. The van der Waals surface area contributed by atoms with Crippen molar-refractivity contribution in [3.05, 3.63) is 59.7 Å². The fourth-order valence-corrected chi connectivity index (χ4v) is 3.17. The molecule has 2 aromatic rings. The summed E-state index contributed by atoms with van der Waals surface area (Å²) in [5.74, 6) is -0.675. The summed E-state index contributed by atoms with van der Waals surface area (Å²) < 4.78 is 26.0. The second-order valence-electron chi connectivity index (χ2n) is 6.31. The molecule has 0 spiro atoms. The van der Waals surface area contributed by atoms with Crippen LogP contribution >= 0.6 is 0 Å². The van der Waals surface area contributed by atoms with Gasteiger partial charge in [-0.1, -0.05) is 0 Å². The molecule has 1 N–H and O–H groups in total. The van der Waals surface area contributed by atoms with E-state index in [9.17, 15) is 13.9 Å². The number of halogens is 2. The van der Waals surface area contributed by atoms with E-state index in [1.54, 1.807) is 12.1 Å². The van der Waals surface area contributed by atoms with E-state index in [-0.39, 0.29) is 24.3 Å². The van der Waals surface area contributed by atoms with E-state index in [4.69, 9.17) is 0 Å². The van der Waals surface area contributed by atoms with Crippen molar-refractivity contribution in [3.8, 4) is 0 Å². The minimum Gasteiger partial charge on any atom is -0.396 e. The van der Waals surface area contributed by atoms with Crippen molar-refractivity contribution in [3.63, 3.8) is 0 Å². The molecule has 1 aliphatic heterocycles. The number of pyridine rings is 2. The van der Waals surface area contributed by atoms with Crippen molar-refractivity contribution >= 4 is 0 Å². The van der Waals surface area contributed by atoms with E-state index in [0.717, 1.165) is 31.0 Å². The first-order valence-corrected chi connectivity index (χ1v) is 8.42. The fraction of sp³-hybridized carbons (Fsp3) is 0.444. The maximum Gasteiger partial charge on any atom is 0.141 e. The van der Waals surface area contributed by atoms with Gasteiger partial charge in [-0.25, -0.2) is 8.78 Å². The highest BCUT2D eigenvalue weighted by Crippen LogP contribution is 2.17. The van der Waals surface area contributed by atoms with Crippen molar-refractivity contribution in [2.75, 3.05) is 26.2 Å². The van der Waals surface area contributed by atoms with Crippen molar-refractivity contribution in [2.24, 2.45) is 0 Å². The van der Waals surface area contributed by atoms with Crippen molar-refractivity contribution in [1.82, 2.24) is 19.8 Å². The van der Waals surface area contributed by atoms with Crippen LogP contribution in [0.1, 0.15) is 17.8 Å². The number of aliphatic hydroxyl groups is 1. The number of aromatic nitrogens is 2. The Bertz CT molecular complexity index is 666. The molecule has 0 aliphatic carbocycles. The van der Waals surface area contributed by atoms with Crippen LogP contribution in [0, 0.1) is 11.6 Å². The third kappa shape index (κ3) is 5.01. The van der Waals surface area contributed by atoms with Crippen molar-refractivity contribution in [2.45, 2.75) is 25.6 Å². The number of aliphatic hydroxyl groups excluding tert-OH is 1. The van der Waals surface area contributed by atoms with Gasteiger partial charge in [-0.2, -0.15) is 0 Å². The van der Waals surface area contributed by atoms with Crippen LogP contribution in [0.4, 0.5) is 8.78 Å². The van der Waals surface area contributed by atoms with Gasteiger partial charge in [0.05, 0.1) is 23.8 Å². The lowest BCUT2D eigenvalue weighted by Gasteiger charge is -2.41. The Balaban J connectivity index is 1.61. The molecular formula is C18H22F2N4O. The molecule has 1 fully saturated rings. The van der Waals surface area contributed by atoms with E-state index in [1.165, 1.54) is 24.5 Å². The summed E-state index contributed by atoms with van der Waals surface area (Å²) >= 11 is 0. The second-order valence-corrected chi connectivity index (χ2v) is 6.31. The fourth-order valence-electron chi connectivity index (χ4n) is 3.17. The van der Waals surface area contributed by atoms with Crippen LogP contribution in [0.2, 0.25) is 0 Å². The molecule has 0 radical (unpaired) electrons. The van der Waals surface area contributed by atoms with Gasteiger partial charge in [0.1, 0.15) is 11.6 Å². The van der Waals surface area contributed by atoms with E-state index >= 15 is 0 Å². The maximum atomic E-state index is 13.0. The highest BCUT2D eigenvalue weighted by molar-refractivity contribution is 5.07. The van der Waals surface area contributed by atoms with Crippen molar-refractivity contribution in [1.29, 1.82) is 0 Å². The molecule has 25 heavy (non-hydrogen) atoms. The summed E-state index contributed by atoms with van der Waals surface area (Å²) in [5, 5.41) is 9.38. The van der Waals surface area contributed by atoms with E-state index in [2.05, 4.69) is 19.8 Å². The Morgan fingerprint density at radius 2 is 1.60 bits per heavy atom. The molecule has 0 saturated carbocycles. The molecule has 3 rings (SSSR count). The predicted molar refractivity (Wildman–Crippen MR) is 89.6 cm³/mol. The van der Waals surface area contributed by atoms with Gasteiger partial charge in [0, 0.05) is 45.4 Å². The molecule has 1 unspecified atom stereocenters. The molecule has 0 aromatic carbocycles. The lowest BCUT2D eigenvalue weighted by Crippen LogP contribution is -2.52. The Morgan fingerprint density at radius 3 is 2.16 bits per heavy atom. The van der Waals surface area contributed by atoms with Crippen LogP contribution in [0.3, 0.4) is 0 Å². The third-order valence-electron chi connectivity index (χ3n) is 4.48. The maximum absolute atomic E-state index is 13.0. The van der Waals surface area contributed by atoms with Gasteiger partial charge in [0.2, 0.25) is 0 Å². The molecule has 1 atom stereocenters. The predicted octanol–water partition coefficient (Wildman–Crippen LogP) is 1.82. The largest absolute Gasteiger partial charge is 0.396 e. The van der Waals surface area contributed by atoms with Crippen LogP contribution in [-0.4, -0.2) is 57.2 Å². The van der Waals surface area contributed by atoms with Gasteiger partial charge >= 0.3 is 0 Å². The first-order valence-electron chi connectivity index (χ1n) is 8.42. The van der Waals surface area contributed by atoms with Crippen LogP contribution in [-0.2, 0) is 13.1 Å².